The van der Waals surface area contributed by atoms with Crippen LogP contribution in [0.4, 0.5) is 5.69 Å². The first-order valence-electron chi connectivity index (χ1n) is 6.10. The Balaban J connectivity index is 2.08. The highest BCUT2D eigenvalue weighted by Gasteiger charge is 2.57. The van der Waals surface area contributed by atoms with Gasteiger partial charge in [-0.3, -0.25) is 0 Å². The largest absolute Gasteiger partial charge is 0.319 e. The van der Waals surface area contributed by atoms with Crippen molar-refractivity contribution in [3.63, 3.8) is 0 Å². The minimum absolute atomic E-state index is 0.0468. The second kappa shape index (κ2) is 4.20. The van der Waals surface area contributed by atoms with E-state index in [1.165, 1.54) is 11.8 Å². The number of nitrogens with zero attached hydrogens (tertiary/aromatic N) is 1. The van der Waals surface area contributed by atoms with Gasteiger partial charge in [-0.05, 0) is 31.5 Å². The molecular weight excluding hydrogens is 298 g/mol. The van der Waals surface area contributed by atoms with Crippen molar-refractivity contribution in [2.24, 2.45) is 0 Å². The van der Waals surface area contributed by atoms with Crippen LogP contribution in [-0.4, -0.2) is 35.0 Å². The molecule has 0 unspecified atom stereocenters. The molecule has 1 aromatic carbocycles. The molecule has 2 aliphatic heterocycles. The van der Waals surface area contributed by atoms with Crippen molar-refractivity contribution in [2.75, 3.05) is 16.4 Å². The summed E-state index contributed by atoms with van der Waals surface area (Å²) < 4.78 is 24.6. The molecule has 2 heterocycles. The fourth-order valence-corrected chi connectivity index (χ4v) is 7.85. The summed E-state index contributed by atoms with van der Waals surface area (Å²) in [6.45, 7) is 4.04. The third-order valence-corrected chi connectivity index (χ3v) is 7.70. The van der Waals surface area contributed by atoms with Gasteiger partial charge >= 0.3 is 0 Å². The lowest BCUT2D eigenvalue weighted by atomic mass is 9.98. The lowest BCUT2D eigenvalue weighted by Gasteiger charge is -2.34. The maximum atomic E-state index is 11.9. The summed E-state index contributed by atoms with van der Waals surface area (Å²) in [6, 6.07) is 8.07. The Labute approximate surface area is 123 Å². The molecule has 0 spiro atoms. The van der Waals surface area contributed by atoms with Crippen molar-refractivity contribution >= 4 is 43.8 Å². The van der Waals surface area contributed by atoms with E-state index in [1.54, 1.807) is 0 Å². The van der Waals surface area contributed by atoms with Gasteiger partial charge in [0.25, 0.3) is 0 Å². The molecule has 0 radical (unpaired) electrons. The van der Waals surface area contributed by atoms with Crippen molar-refractivity contribution in [1.82, 2.24) is 0 Å². The predicted octanol–water partition coefficient (Wildman–Crippen LogP) is 2.39. The zero-order chi connectivity index (χ0) is 13.8. The number of anilines is 1. The van der Waals surface area contributed by atoms with Crippen molar-refractivity contribution in [2.45, 2.75) is 24.6 Å². The second-order valence-corrected chi connectivity index (χ2v) is 9.40. The Bertz CT molecular complexity index is 656. The molecule has 0 aliphatic carbocycles. The number of hydrogen-bond donors (Lipinski definition) is 0. The van der Waals surface area contributed by atoms with Gasteiger partial charge in [0.15, 0.2) is 9.84 Å². The lowest BCUT2D eigenvalue weighted by molar-refractivity contribution is 0.550. The molecule has 6 heteroatoms. The maximum Gasteiger partial charge on any atom is 0.153 e. The minimum Gasteiger partial charge on any atom is -0.319 e. The van der Waals surface area contributed by atoms with E-state index in [1.807, 2.05) is 36.9 Å². The van der Waals surface area contributed by atoms with E-state index in [0.717, 1.165) is 15.6 Å². The van der Waals surface area contributed by atoms with E-state index in [9.17, 15) is 8.42 Å². The van der Waals surface area contributed by atoms with Crippen LogP contribution in [0.1, 0.15) is 12.5 Å². The predicted molar refractivity (Wildman–Crippen MR) is 84.7 cm³/mol. The molecule has 0 aromatic heterocycles. The SMILES string of the molecule is Cc1cccc(N2C(=S)S[C@@H]3CS(=O)(=O)C[C@]32C)c1. The summed E-state index contributed by atoms with van der Waals surface area (Å²) in [5.41, 5.74) is 1.74. The first-order valence-corrected chi connectivity index (χ1v) is 9.21. The highest BCUT2D eigenvalue weighted by atomic mass is 32.2. The molecule has 1 aromatic rings. The monoisotopic (exact) mass is 313 g/mol. The zero-order valence-electron chi connectivity index (χ0n) is 10.8. The van der Waals surface area contributed by atoms with Crippen LogP contribution >= 0.6 is 24.0 Å². The molecule has 2 aliphatic rings. The van der Waals surface area contributed by atoms with Crippen molar-refractivity contribution in [3.8, 4) is 0 Å². The Morgan fingerprint density at radius 1 is 1.47 bits per heavy atom. The van der Waals surface area contributed by atoms with Gasteiger partial charge in [0.05, 0.1) is 22.3 Å². The summed E-state index contributed by atoms with van der Waals surface area (Å²) in [5, 5.41) is 0.0468. The van der Waals surface area contributed by atoms with E-state index in [0.29, 0.717) is 0 Å². The van der Waals surface area contributed by atoms with Crippen LogP contribution < -0.4 is 4.90 Å². The standard InChI is InChI=1S/C13H15NO2S3/c1-9-4-3-5-10(6-9)14-12(17)18-11-7-19(15,16)8-13(11,14)2/h3-6,11H,7-8H2,1-2H3/t11-,13-/m1/s1. The first kappa shape index (κ1) is 13.4. The topological polar surface area (TPSA) is 37.4 Å². The molecule has 2 saturated heterocycles. The first-order chi connectivity index (χ1) is 8.82. The van der Waals surface area contributed by atoms with Gasteiger partial charge in [0, 0.05) is 5.69 Å². The van der Waals surface area contributed by atoms with Gasteiger partial charge in [0.1, 0.15) is 4.32 Å². The smallest absolute Gasteiger partial charge is 0.153 e. The average Bonchev–Trinajstić information content (AvgIpc) is 2.60. The molecule has 19 heavy (non-hydrogen) atoms. The average molecular weight is 313 g/mol. The fraction of sp³-hybridized carbons (Fsp3) is 0.462. The van der Waals surface area contributed by atoms with Crippen LogP contribution in [0, 0.1) is 6.92 Å². The van der Waals surface area contributed by atoms with Crippen LogP contribution in [0.2, 0.25) is 0 Å². The number of thioether (sulfide) groups is 1. The van der Waals surface area contributed by atoms with E-state index in [-0.39, 0.29) is 16.8 Å². The molecule has 0 amide bonds. The van der Waals surface area contributed by atoms with Gasteiger partial charge in [-0.15, -0.1) is 0 Å². The molecular formula is C13H15NO2S3. The van der Waals surface area contributed by atoms with Gasteiger partial charge in [-0.1, -0.05) is 36.1 Å². The summed E-state index contributed by atoms with van der Waals surface area (Å²) in [4.78, 5) is 2.04. The van der Waals surface area contributed by atoms with Crippen molar-refractivity contribution in [3.05, 3.63) is 29.8 Å². The van der Waals surface area contributed by atoms with E-state index in [4.69, 9.17) is 12.2 Å². The van der Waals surface area contributed by atoms with Crippen molar-refractivity contribution < 1.29 is 8.42 Å². The van der Waals surface area contributed by atoms with Crippen molar-refractivity contribution in [1.29, 1.82) is 0 Å². The number of hydrogen-bond acceptors (Lipinski definition) is 4. The normalized spacial score (nSPS) is 32.6. The second-order valence-electron chi connectivity index (χ2n) is 5.46. The molecule has 2 fully saturated rings. The van der Waals surface area contributed by atoms with E-state index in [2.05, 4.69) is 6.07 Å². The lowest BCUT2D eigenvalue weighted by Crippen LogP contribution is -2.49. The summed E-state index contributed by atoms with van der Waals surface area (Å²) in [6.07, 6.45) is 0. The molecule has 102 valence electrons. The summed E-state index contributed by atoms with van der Waals surface area (Å²) in [7, 11) is -2.96. The fourth-order valence-electron chi connectivity index (χ4n) is 2.93. The molecule has 2 atom stereocenters. The number of thiocarbonyl (C=S) groups is 1. The van der Waals surface area contributed by atoms with Crippen LogP contribution in [0.25, 0.3) is 0 Å². The van der Waals surface area contributed by atoms with Gasteiger partial charge < -0.3 is 4.90 Å². The third-order valence-electron chi connectivity index (χ3n) is 3.81. The van der Waals surface area contributed by atoms with E-state index < -0.39 is 15.4 Å². The number of sulfone groups is 1. The highest BCUT2D eigenvalue weighted by molar-refractivity contribution is 8.24. The van der Waals surface area contributed by atoms with Crippen LogP contribution in [-0.2, 0) is 9.84 Å². The highest BCUT2D eigenvalue weighted by Crippen LogP contribution is 2.48. The Morgan fingerprint density at radius 2 is 2.21 bits per heavy atom. The zero-order valence-corrected chi connectivity index (χ0v) is 13.2. The number of aryl methyl sites for hydroxylation is 1. The van der Waals surface area contributed by atoms with Gasteiger partial charge in [0.2, 0.25) is 0 Å². The minimum atomic E-state index is -2.96. The summed E-state index contributed by atoms with van der Waals surface area (Å²) in [5.74, 6) is 0.419. The third kappa shape index (κ3) is 2.10. The molecule has 3 rings (SSSR count). The quantitative estimate of drug-likeness (QED) is 0.744. The molecule has 3 nitrogen and oxygen atoms in total. The number of rotatable bonds is 1. The number of fused-ring (bicyclic) bond motifs is 1. The molecule has 0 bridgehead atoms. The van der Waals surface area contributed by atoms with E-state index >= 15 is 0 Å². The molecule has 0 saturated carbocycles. The summed E-state index contributed by atoms with van der Waals surface area (Å²) >= 11 is 6.99. The molecule has 0 N–H and O–H groups in total. The maximum absolute atomic E-state index is 11.9. The van der Waals surface area contributed by atoms with Gasteiger partial charge in [-0.25, -0.2) is 8.42 Å². The van der Waals surface area contributed by atoms with Crippen LogP contribution in [0.5, 0.6) is 0 Å². The Hall–Kier alpha value is -0.590. The van der Waals surface area contributed by atoms with Crippen LogP contribution in [0.3, 0.4) is 0 Å². The van der Waals surface area contributed by atoms with Crippen LogP contribution in [0.15, 0.2) is 24.3 Å². The Kier molecular flexibility index (Phi) is 2.96. The van der Waals surface area contributed by atoms with Gasteiger partial charge in [-0.2, -0.15) is 0 Å². The number of benzene rings is 1. The Morgan fingerprint density at radius 3 is 2.89 bits per heavy atom.